The van der Waals surface area contributed by atoms with Crippen LogP contribution in [0.15, 0.2) is 30.3 Å². The number of nitrogens with zero attached hydrogens (tertiary/aromatic N) is 3. The van der Waals surface area contributed by atoms with E-state index in [0.29, 0.717) is 24.3 Å². The number of piperidine rings is 1. The van der Waals surface area contributed by atoms with Crippen molar-refractivity contribution < 1.29 is 40.4 Å². The average Bonchev–Trinajstić information content (AvgIpc) is 2.86. The average molecular weight is 548 g/mol. The second-order valence-electron chi connectivity index (χ2n) is 8.46. The molecule has 3 rings (SSSR count). The number of hydrogen-bond donors (Lipinski definition) is 0. The molecule has 0 bridgehead atoms. The SMILES string of the molecule is CC[S+]([O-])CC1CCN(C(=O)c2cc(C#N)c(OCc3ccc(C(F)(F)F)cc3)nc2C(F)(F)F)CC1. The molecule has 1 aliphatic rings. The Morgan fingerprint density at radius 2 is 1.78 bits per heavy atom. The second-order valence-corrected chi connectivity index (χ2v) is 10.3. The fraction of sp³-hybridized carbons (Fsp3) is 0.458. The van der Waals surface area contributed by atoms with Gasteiger partial charge in [-0.15, -0.1) is 0 Å². The summed E-state index contributed by atoms with van der Waals surface area (Å²) in [6.45, 7) is 1.70. The van der Waals surface area contributed by atoms with Crippen LogP contribution in [0.25, 0.3) is 0 Å². The first kappa shape index (κ1) is 28.6. The highest BCUT2D eigenvalue weighted by atomic mass is 32.2. The maximum Gasteiger partial charge on any atom is 0.434 e. The molecule has 0 radical (unpaired) electrons. The van der Waals surface area contributed by atoms with Gasteiger partial charge in [-0.3, -0.25) is 4.79 Å². The maximum absolute atomic E-state index is 13.8. The highest BCUT2D eigenvalue weighted by Gasteiger charge is 2.40. The molecule has 1 atom stereocenters. The Labute approximate surface area is 212 Å². The van der Waals surface area contributed by atoms with E-state index >= 15 is 0 Å². The molecule has 1 aromatic heterocycles. The first-order valence-corrected chi connectivity index (χ1v) is 12.8. The van der Waals surface area contributed by atoms with Gasteiger partial charge in [-0.2, -0.15) is 31.6 Å². The summed E-state index contributed by atoms with van der Waals surface area (Å²) in [4.78, 5) is 17.7. The lowest BCUT2D eigenvalue weighted by Crippen LogP contribution is -2.41. The standard InChI is InChI=1S/C24H23F6N3O3S/c1-2-37(35)14-16-7-9-33(10-8-16)22(34)19-11-17(12-31)21(32-20(19)24(28,29)30)36-13-15-3-5-18(6-4-15)23(25,26)27/h3-6,11,16H,2,7-10,13-14H2,1H3. The number of carbonyl (C=O) groups excluding carboxylic acids is 1. The summed E-state index contributed by atoms with van der Waals surface area (Å²) in [6.07, 6.45) is -8.61. The van der Waals surface area contributed by atoms with Crippen molar-refractivity contribution in [1.82, 2.24) is 9.88 Å². The van der Waals surface area contributed by atoms with Gasteiger partial charge in [-0.25, -0.2) is 4.98 Å². The summed E-state index contributed by atoms with van der Waals surface area (Å²) in [5.74, 6) is -0.546. The molecule has 1 amide bonds. The van der Waals surface area contributed by atoms with Gasteiger partial charge in [0.05, 0.1) is 11.1 Å². The van der Waals surface area contributed by atoms with Gasteiger partial charge in [-0.05, 0) is 43.5 Å². The summed E-state index contributed by atoms with van der Waals surface area (Å²) in [6, 6.07) is 6.22. The van der Waals surface area contributed by atoms with E-state index in [-0.39, 0.29) is 24.6 Å². The van der Waals surface area contributed by atoms with Crippen LogP contribution in [0.3, 0.4) is 0 Å². The van der Waals surface area contributed by atoms with Gasteiger partial charge in [0.1, 0.15) is 29.7 Å². The molecule has 0 aliphatic carbocycles. The predicted octanol–water partition coefficient (Wildman–Crippen LogP) is 5.19. The van der Waals surface area contributed by atoms with Crippen molar-refractivity contribution >= 4 is 17.1 Å². The van der Waals surface area contributed by atoms with Crippen molar-refractivity contribution in [2.75, 3.05) is 24.6 Å². The number of ether oxygens (including phenoxy) is 1. The van der Waals surface area contributed by atoms with E-state index < -0.39 is 64.3 Å². The molecule has 0 spiro atoms. The summed E-state index contributed by atoms with van der Waals surface area (Å²) in [5.41, 5.74) is -3.43. The fourth-order valence-electron chi connectivity index (χ4n) is 3.86. The first-order chi connectivity index (χ1) is 17.3. The van der Waals surface area contributed by atoms with E-state index in [4.69, 9.17) is 4.74 Å². The summed E-state index contributed by atoms with van der Waals surface area (Å²) < 4.78 is 96.7. The van der Waals surface area contributed by atoms with Crippen LogP contribution in [-0.2, 0) is 30.1 Å². The smallest absolute Gasteiger partial charge is 0.434 e. The zero-order valence-corrected chi connectivity index (χ0v) is 20.5. The monoisotopic (exact) mass is 547 g/mol. The highest BCUT2D eigenvalue weighted by molar-refractivity contribution is 7.91. The molecular weight excluding hydrogens is 524 g/mol. The minimum Gasteiger partial charge on any atom is -0.616 e. The number of nitriles is 1. The lowest BCUT2D eigenvalue weighted by Gasteiger charge is -2.32. The van der Waals surface area contributed by atoms with Gasteiger partial charge in [0.15, 0.2) is 5.69 Å². The van der Waals surface area contributed by atoms with Gasteiger partial charge in [0.2, 0.25) is 5.88 Å². The number of amides is 1. The van der Waals surface area contributed by atoms with E-state index in [0.717, 1.165) is 30.3 Å². The van der Waals surface area contributed by atoms with E-state index in [1.807, 2.05) is 0 Å². The van der Waals surface area contributed by atoms with Crippen LogP contribution < -0.4 is 4.74 Å². The van der Waals surface area contributed by atoms with Crippen molar-refractivity contribution in [3.05, 3.63) is 58.3 Å². The lowest BCUT2D eigenvalue weighted by atomic mass is 9.98. The van der Waals surface area contributed by atoms with Gasteiger partial charge in [0.25, 0.3) is 5.91 Å². The molecule has 1 aliphatic heterocycles. The first-order valence-electron chi connectivity index (χ1n) is 11.3. The molecule has 1 fully saturated rings. The molecule has 200 valence electrons. The fourth-order valence-corrected chi connectivity index (χ4v) is 4.96. The van der Waals surface area contributed by atoms with E-state index in [9.17, 15) is 41.0 Å². The van der Waals surface area contributed by atoms with Crippen LogP contribution in [0, 0.1) is 17.2 Å². The van der Waals surface area contributed by atoms with Gasteiger partial charge in [0, 0.05) is 19.0 Å². The van der Waals surface area contributed by atoms with Gasteiger partial charge < -0.3 is 14.2 Å². The normalized spacial score (nSPS) is 15.8. The van der Waals surface area contributed by atoms with E-state index in [2.05, 4.69) is 4.98 Å². The molecule has 13 heteroatoms. The Balaban J connectivity index is 1.81. The number of rotatable bonds is 7. The quantitative estimate of drug-likeness (QED) is 0.352. The van der Waals surface area contributed by atoms with Crippen LogP contribution in [0.5, 0.6) is 5.88 Å². The number of halogens is 6. The Morgan fingerprint density at radius 3 is 2.30 bits per heavy atom. The van der Waals surface area contributed by atoms with Gasteiger partial charge in [-0.1, -0.05) is 23.3 Å². The number of alkyl halides is 6. The molecule has 1 aromatic carbocycles. The minimum absolute atomic E-state index is 0.0979. The molecule has 37 heavy (non-hydrogen) atoms. The van der Waals surface area contributed by atoms with Gasteiger partial charge >= 0.3 is 12.4 Å². The zero-order valence-electron chi connectivity index (χ0n) is 19.7. The van der Waals surface area contributed by atoms with E-state index in [1.165, 1.54) is 4.90 Å². The molecule has 0 saturated carbocycles. The molecule has 2 heterocycles. The van der Waals surface area contributed by atoms with Crippen LogP contribution in [0.1, 0.15) is 52.5 Å². The van der Waals surface area contributed by atoms with Crippen LogP contribution in [-0.4, -0.2) is 44.9 Å². The molecule has 6 nitrogen and oxygen atoms in total. The Hall–Kier alpha value is -2.98. The number of benzene rings is 1. The van der Waals surface area contributed by atoms with Crippen molar-refractivity contribution in [1.29, 1.82) is 5.26 Å². The molecule has 2 aromatic rings. The van der Waals surface area contributed by atoms with Crippen molar-refractivity contribution in [3.8, 4) is 11.9 Å². The van der Waals surface area contributed by atoms with E-state index in [1.54, 1.807) is 13.0 Å². The number of hydrogen-bond acceptors (Lipinski definition) is 5. The Kier molecular flexibility index (Phi) is 8.96. The van der Waals surface area contributed by atoms with Crippen molar-refractivity contribution in [2.45, 2.75) is 38.7 Å². The minimum atomic E-state index is -5.04. The summed E-state index contributed by atoms with van der Waals surface area (Å²) in [7, 11) is 0. The number of pyridine rings is 1. The van der Waals surface area contributed by atoms with Crippen molar-refractivity contribution in [2.24, 2.45) is 5.92 Å². The molecule has 1 saturated heterocycles. The number of carbonyl (C=O) groups is 1. The summed E-state index contributed by atoms with van der Waals surface area (Å²) >= 11 is -0.988. The highest BCUT2D eigenvalue weighted by Crippen LogP contribution is 2.35. The van der Waals surface area contributed by atoms with Crippen LogP contribution in [0.4, 0.5) is 26.3 Å². The number of aromatic nitrogens is 1. The Morgan fingerprint density at radius 1 is 1.16 bits per heavy atom. The Bertz CT molecular complexity index is 1140. The van der Waals surface area contributed by atoms with Crippen molar-refractivity contribution in [3.63, 3.8) is 0 Å². The summed E-state index contributed by atoms with van der Waals surface area (Å²) in [5, 5.41) is 9.46. The maximum atomic E-state index is 13.8. The van der Waals surface area contributed by atoms with Crippen LogP contribution in [0.2, 0.25) is 0 Å². The third-order valence-electron chi connectivity index (χ3n) is 5.91. The zero-order chi connectivity index (χ0) is 27.4. The molecule has 0 N–H and O–H groups in total. The number of likely N-dealkylation sites (tertiary alicyclic amines) is 1. The predicted molar refractivity (Wildman–Crippen MR) is 122 cm³/mol. The molecular formula is C24H23F6N3O3S. The topological polar surface area (TPSA) is 89.3 Å². The molecule has 1 unspecified atom stereocenters. The lowest BCUT2D eigenvalue weighted by molar-refractivity contribution is -0.142. The third-order valence-corrected chi connectivity index (χ3v) is 7.40. The largest absolute Gasteiger partial charge is 0.616 e. The third kappa shape index (κ3) is 7.29. The second kappa shape index (κ2) is 11.6. The van der Waals surface area contributed by atoms with Crippen LogP contribution >= 0.6 is 0 Å².